The average Bonchev–Trinajstić information content (AvgIpc) is 2.73. The lowest BCUT2D eigenvalue weighted by Gasteiger charge is -2.30. The molecule has 1 aliphatic heterocycles. The van der Waals surface area contributed by atoms with Crippen molar-refractivity contribution in [2.24, 2.45) is 11.8 Å². The number of hydrogen-bond donors (Lipinski definition) is 0. The number of Topliss-reactive ketones (excluding diaryl/α,β-unsaturated/α-hetero) is 1. The molecule has 3 rings (SSSR count). The van der Waals surface area contributed by atoms with Crippen molar-refractivity contribution in [3.8, 4) is 5.75 Å². The molecule has 0 N–H and O–H groups in total. The molecule has 1 saturated carbocycles. The summed E-state index contributed by atoms with van der Waals surface area (Å²) in [7, 11) is -3.10. The predicted molar refractivity (Wildman–Crippen MR) is 123 cm³/mol. The molecule has 31 heavy (non-hydrogen) atoms. The van der Waals surface area contributed by atoms with Gasteiger partial charge in [0.15, 0.2) is 9.84 Å². The topological polar surface area (TPSA) is 69.7 Å². The highest BCUT2D eigenvalue weighted by atomic mass is 32.2. The first-order valence-corrected chi connectivity index (χ1v) is 13.4. The van der Waals surface area contributed by atoms with Gasteiger partial charge in [-0.05, 0) is 89.3 Å². The van der Waals surface area contributed by atoms with E-state index in [0.29, 0.717) is 13.0 Å². The van der Waals surface area contributed by atoms with Crippen LogP contribution >= 0.6 is 0 Å². The van der Waals surface area contributed by atoms with Crippen molar-refractivity contribution in [1.29, 1.82) is 0 Å². The molecule has 1 unspecified atom stereocenters. The molecule has 0 radical (unpaired) electrons. The summed E-state index contributed by atoms with van der Waals surface area (Å²) in [5.74, 6) is 1.54. The molecule has 1 aliphatic carbocycles. The van der Waals surface area contributed by atoms with E-state index in [1.165, 1.54) is 6.42 Å². The lowest BCUT2D eigenvalue weighted by Crippen LogP contribution is -2.35. The highest BCUT2D eigenvalue weighted by Crippen LogP contribution is 2.33. The highest BCUT2D eigenvalue weighted by molar-refractivity contribution is 7.92. The fourth-order valence-electron chi connectivity index (χ4n) is 4.39. The number of benzene rings is 1. The van der Waals surface area contributed by atoms with Gasteiger partial charge in [0.05, 0.1) is 16.6 Å². The third-order valence-electron chi connectivity index (χ3n) is 6.70. The van der Waals surface area contributed by atoms with E-state index in [1.807, 2.05) is 24.3 Å². The molecule has 5 nitrogen and oxygen atoms in total. The van der Waals surface area contributed by atoms with E-state index in [1.54, 1.807) is 20.8 Å². The van der Waals surface area contributed by atoms with Crippen molar-refractivity contribution in [2.75, 3.05) is 19.0 Å². The normalized spacial score (nSPS) is 25.2. The highest BCUT2D eigenvalue weighted by Gasteiger charge is 2.34. The molecular formula is C25H38O5S. The SMILES string of the molecule is CC(C)(C)S(=O)(=O)CC1CCC(C(=O)Cc2ccc(OCC3CCCCO3)cc2)CC1. The summed E-state index contributed by atoms with van der Waals surface area (Å²) in [5.41, 5.74) is 1.00. The number of ketones is 1. The Labute approximate surface area is 187 Å². The monoisotopic (exact) mass is 450 g/mol. The Morgan fingerprint density at radius 2 is 1.71 bits per heavy atom. The number of carbonyl (C=O) groups is 1. The summed E-state index contributed by atoms with van der Waals surface area (Å²) >= 11 is 0. The maximum atomic E-state index is 12.8. The van der Waals surface area contributed by atoms with Crippen LogP contribution in [0.2, 0.25) is 0 Å². The molecule has 0 amide bonds. The Balaban J connectivity index is 1.42. The molecule has 174 valence electrons. The molecule has 0 spiro atoms. The summed E-state index contributed by atoms with van der Waals surface area (Å²) in [6, 6.07) is 7.80. The summed E-state index contributed by atoms with van der Waals surface area (Å²) in [6.07, 6.45) is 7.24. The number of ether oxygens (including phenoxy) is 2. The molecule has 0 bridgehead atoms. The molecule has 1 atom stereocenters. The van der Waals surface area contributed by atoms with Crippen LogP contribution in [0.15, 0.2) is 24.3 Å². The zero-order valence-corrected chi connectivity index (χ0v) is 20.1. The Bertz CT molecular complexity index is 808. The number of rotatable bonds is 8. The minimum absolute atomic E-state index is 0.0490. The lowest BCUT2D eigenvalue weighted by atomic mass is 9.79. The van der Waals surface area contributed by atoms with Crippen molar-refractivity contribution in [1.82, 2.24) is 0 Å². The van der Waals surface area contributed by atoms with Crippen molar-refractivity contribution >= 4 is 15.6 Å². The third kappa shape index (κ3) is 7.04. The molecule has 2 aliphatic rings. The summed E-state index contributed by atoms with van der Waals surface area (Å²) in [5, 5.41) is 0. The molecule has 6 heteroatoms. The minimum atomic E-state index is -3.10. The Kier molecular flexibility index (Phi) is 8.19. The van der Waals surface area contributed by atoms with Crippen LogP contribution in [0.1, 0.15) is 71.3 Å². The summed E-state index contributed by atoms with van der Waals surface area (Å²) in [6.45, 7) is 6.68. The van der Waals surface area contributed by atoms with E-state index in [2.05, 4.69) is 0 Å². The molecule has 1 aromatic carbocycles. The minimum Gasteiger partial charge on any atom is -0.491 e. The lowest BCUT2D eigenvalue weighted by molar-refractivity contribution is -0.123. The Morgan fingerprint density at radius 1 is 1.03 bits per heavy atom. The number of hydrogen-bond acceptors (Lipinski definition) is 5. The van der Waals surface area contributed by atoms with E-state index < -0.39 is 14.6 Å². The Morgan fingerprint density at radius 3 is 2.29 bits per heavy atom. The van der Waals surface area contributed by atoms with Crippen LogP contribution in [0.4, 0.5) is 0 Å². The maximum absolute atomic E-state index is 12.8. The van der Waals surface area contributed by atoms with Crippen LogP contribution in [0, 0.1) is 11.8 Å². The van der Waals surface area contributed by atoms with Gasteiger partial charge >= 0.3 is 0 Å². The smallest absolute Gasteiger partial charge is 0.155 e. The van der Waals surface area contributed by atoms with E-state index in [0.717, 1.165) is 56.4 Å². The third-order valence-corrected chi connectivity index (χ3v) is 9.48. The van der Waals surface area contributed by atoms with E-state index >= 15 is 0 Å². The van der Waals surface area contributed by atoms with Crippen LogP contribution in [0.5, 0.6) is 5.75 Å². The van der Waals surface area contributed by atoms with Gasteiger partial charge in [-0.2, -0.15) is 0 Å². The van der Waals surface area contributed by atoms with Crippen molar-refractivity contribution in [3.63, 3.8) is 0 Å². The second kappa shape index (κ2) is 10.5. The predicted octanol–water partition coefficient (Wildman–Crippen LogP) is 4.77. The summed E-state index contributed by atoms with van der Waals surface area (Å²) in [4.78, 5) is 12.8. The Hall–Kier alpha value is -1.40. The fraction of sp³-hybridized carbons (Fsp3) is 0.720. The van der Waals surface area contributed by atoms with E-state index in [9.17, 15) is 13.2 Å². The van der Waals surface area contributed by atoms with Crippen LogP contribution < -0.4 is 4.74 Å². The van der Waals surface area contributed by atoms with Crippen molar-refractivity contribution in [3.05, 3.63) is 29.8 Å². The van der Waals surface area contributed by atoms with Gasteiger partial charge in [-0.3, -0.25) is 4.79 Å². The van der Waals surface area contributed by atoms with Crippen LogP contribution in [0.25, 0.3) is 0 Å². The standard InChI is InChI=1S/C25H38O5S/c1-25(2,3)31(27,28)18-20-7-11-21(12-8-20)24(26)16-19-9-13-22(14-10-19)30-17-23-6-4-5-15-29-23/h9-10,13-14,20-21,23H,4-8,11-12,15-18H2,1-3H3. The van der Waals surface area contributed by atoms with E-state index in [-0.39, 0.29) is 29.5 Å². The summed E-state index contributed by atoms with van der Waals surface area (Å²) < 4.78 is 35.7. The largest absolute Gasteiger partial charge is 0.491 e. The first kappa shape index (κ1) is 24.2. The van der Waals surface area contributed by atoms with Crippen molar-refractivity contribution < 1.29 is 22.7 Å². The second-order valence-corrected chi connectivity index (χ2v) is 13.0. The average molecular weight is 451 g/mol. The zero-order chi connectivity index (χ0) is 22.5. The quantitative estimate of drug-likeness (QED) is 0.571. The van der Waals surface area contributed by atoms with Gasteiger partial charge in [-0.15, -0.1) is 0 Å². The molecule has 1 heterocycles. The fourth-order valence-corrected chi connectivity index (χ4v) is 5.84. The maximum Gasteiger partial charge on any atom is 0.155 e. The van der Waals surface area contributed by atoms with Gasteiger partial charge in [-0.25, -0.2) is 8.42 Å². The first-order valence-electron chi connectivity index (χ1n) is 11.7. The number of sulfone groups is 1. The number of carbonyl (C=O) groups excluding carboxylic acids is 1. The van der Waals surface area contributed by atoms with Gasteiger partial charge in [-0.1, -0.05) is 12.1 Å². The zero-order valence-electron chi connectivity index (χ0n) is 19.3. The van der Waals surface area contributed by atoms with Crippen LogP contribution in [-0.4, -0.2) is 44.0 Å². The van der Waals surface area contributed by atoms with Gasteiger partial charge in [0.2, 0.25) is 0 Å². The van der Waals surface area contributed by atoms with Crippen molar-refractivity contribution in [2.45, 2.75) is 83.0 Å². The molecule has 1 aromatic rings. The van der Waals surface area contributed by atoms with Crippen LogP contribution in [-0.2, 0) is 25.8 Å². The van der Waals surface area contributed by atoms with Gasteiger partial charge in [0.1, 0.15) is 18.1 Å². The molecule has 1 saturated heterocycles. The van der Waals surface area contributed by atoms with E-state index in [4.69, 9.17) is 9.47 Å². The second-order valence-electron chi connectivity index (χ2n) is 10.2. The van der Waals surface area contributed by atoms with Gasteiger partial charge in [0.25, 0.3) is 0 Å². The van der Waals surface area contributed by atoms with Gasteiger partial charge < -0.3 is 9.47 Å². The van der Waals surface area contributed by atoms with Gasteiger partial charge in [0, 0.05) is 18.9 Å². The molecule has 2 fully saturated rings. The first-order chi connectivity index (χ1) is 14.6. The van der Waals surface area contributed by atoms with Crippen LogP contribution in [0.3, 0.4) is 0 Å². The molecule has 0 aromatic heterocycles. The molecular weight excluding hydrogens is 412 g/mol.